The Hall–Kier alpha value is -2.01. The molecule has 5 heteroatoms. The molecule has 1 fully saturated rings. The van der Waals surface area contributed by atoms with Gasteiger partial charge in [0.25, 0.3) is 0 Å². The van der Waals surface area contributed by atoms with Crippen LogP contribution in [0.5, 0.6) is 11.5 Å². The number of hydrogen-bond acceptors (Lipinski definition) is 4. The van der Waals surface area contributed by atoms with Crippen molar-refractivity contribution < 1.29 is 9.47 Å². The number of aromatic nitrogens is 2. The van der Waals surface area contributed by atoms with E-state index in [1.54, 1.807) is 14.2 Å². The van der Waals surface area contributed by atoms with Gasteiger partial charge in [-0.2, -0.15) is 0 Å². The number of ether oxygens (including phenoxy) is 2. The van der Waals surface area contributed by atoms with Crippen LogP contribution in [0.4, 0.5) is 0 Å². The molecule has 2 N–H and O–H groups in total. The topological polar surface area (TPSA) is 59.2 Å². The molecule has 1 aliphatic heterocycles. The van der Waals surface area contributed by atoms with Crippen LogP contribution in [0, 0.1) is 0 Å². The van der Waals surface area contributed by atoms with Crippen molar-refractivity contribution in [3.05, 3.63) is 30.2 Å². The summed E-state index contributed by atoms with van der Waals surface area (Å²) >= 11 is 0. The van der Waals surface area contributed by atoms with E-state index in [1.165, 1.54) is 0 Å². The van der Waals surface area contributed by atoms with E-state index in [2.05, 4.69) is 15.3 Å². The van der Waals surface area contributed by atoms with Crippen LogP contribution in [-0.4, -0.2) is 37.3 Å². The minimum absolute atomic E-state index is 0.498. The van der Waals surface area contributed by atoms with Gasteiger partial charge in [-0.25, -0.2) is 4.98 Å². The van der Waals surface area contributed by atoms with E-state index in [0.717, 1.165) is 41.7 Å². The summed E-state index contributed by atoms with van der Waals surface area (Å²) in [5.41, 5.74) is 1.97. The average molecular weight is 259 g/mol. The normalized spacial score (nSPS) is 15.1. The summed E-state index contributed by atoms with van der Waals surface area (Å²) in [7, 11) is 3.30. The van der Waals surface area contributed by atoms with Gasteiger partial charge >= 0.3 is 0 Å². The minimum atomic E-state index is 0.498. The molecule has 2 heterocycles. The highest BCUT2D eigenvalue weighted by molar-refractivity contribution is 5.68. The Bertz CT molecular complexity index is 576. The molecule has 100 valence electrons. The van der Waals surface area contributed by atoms with Gasteiger partial charge in [0.1, 0.15) is 17.3 Å². The first-order valence-corrected chi connectivity index (χ1v) is 6.30. The molecular weight excluding hydrogens is 242 g/mol. The van der Waals surface area contributed by atoms with Gasteiger partial charge in [-0.15, -0.1) is 0 Å². The highest BCUT2D eigenvalue weighted by Crippen LogP contribution is 2.33. The fraction of sp³-hybridized carbons (Fsp3) is 0.357. The molecular formula is C14H17N3O2. The zero-order chi connectivity index (χ0) is 13.2. The fourth-order valence-corrected chi connectivity index (χ4v) is 2.18. The third-order valence-corrected chi connectivity index (χ3v) is 3.46. The maximum Gasteiger partial charge on any atom is 0.131 e. The van der Waals surface area contributed by atoms with Crippen LogP contribution in [0.2, 0.25) is 0 Å². The van der Waals surface area contributed by atoms with Crippen molar-refractivity contribution in [1.29, 1.82) is 0 Å². The molecule has 0 unspecified atom stereocenters. The van der Waals surface area contributed by atoms with Gasteiger partial charge in [-0.05, 0) is 12.1 Å². The molecule has 19 heavy (non-hydrogen) atoms. The fourth-order valence-electron chi connectivity index (χ4n) is 2.18. The largest absolute Gasteiger partial charge is 0.497 e. The molecule has 1 saturated heterocycles. The van der Waals surface area contributed by atoms with E-state index < -0.39 is 0 Å². The Morgan fingerprint density at radius 2 is 2.05 bits per heavy atom. The second kappa shape index (κ2) is 4.93. The van der Waals surface area contributed by atoms with E-state index in [4.69, 9.17) is 9.47 Å². The molecule has 1 aromatic carbocycles. The number of H-pyrrole nitrogens is 1. The third kappa shape index (κ3) is 2.17. The lowest BCUT2D eigenvalue weighted by atomic mass is 10.0. The van der Waals surface area contributed by atoms with E-state index in [9.17, 15) is 0 Å². The molecule has 2 aromatic rings. The number of imidazole rings is 1. The van der Waals surface area contributed by atoms with E-state index >= 15 is 0 Å². The predicted molar refractivity (Wildman–Crippen MR) is 72.7 cm³/mol. The van der Waals surface area contributed by atoms with Crippen molar-refractivity contribution >= 4 is 0 Å². The number of rotatable bonds is 4. The monoisotopic (exact) mass is 259 g/mol. The first kappa shape index (κ1) is 12.0. The molecule has 0 spiro atoms. The Balaban J connectivity index is 1.94. The lowest BCUT2D eigenvalue weighted by Gasteiger charge is -2.24. The summed E-state index contributed by atoms with van der Waals surface area (Å²) in [6, 6.07) is 5.78. The number of nitrogens with zero attached hydrogens (tertiary/aromatic N) is 1. The highest BCUT2D eigenvalue weighted by atomic mass is 16.5. The summed E-state index contributed by atoms with van der Waals surface area (Å²) in [4.78, 5) is 7.82. The zero-order valence-electron chi connectivity index (χ0n) is 11.1. The van der Waals surface area contributed by atoms with Gasteiger partial charge in [0.2, 0.25) is 0 Å². The van der Waals surface area contributed by atoms with Gasteiger partial charge in [-0.3, -0.25) is 0 Å². The van der Waals surface area contributed by atoms with Crippen LogP contribution in [0.3, 0.4) is 0 Å². The molecule has 3 rings (SSSR count). The SMILES string of the molecule is COc1ccc(-c2cnc(C3CNC3)[nH]2)c(OC)c1. The molecule has 0 aliphatic carbocycles. The summed E-state index contributed by atoms with van der Waals surface area (Å²) in [5, 5.41) is 3.25. The highest BCUT2D eigenvalue weighted by Gasteiger charge is 2.22. The number of benzene rings is 1. The van der Waals surface area contributed by atoms with Crippen molar-refractivity contribution in [2.45, 2.75) is 5.92 Å². The first-order chi connectivity index (χ1) is 9.31. The van der Waals surface area contributed by atoms with Gasteiger partial charge in [0, 0.05) is 30.6 Å². The summed E-state index contributed by atoms with van der Waals surface area (Å²) in [6.07, 6.45) is 1.86. The number of nitrogens with one attached hydrogen (secondary N) is 2. The maximum absolute atomic E-state index is 5.41. The minimum Gasteiger partial charge on any atom is -0.497 e. The van der Waals surface area contributed by atoms with Crippen LogP contribution in [0.1, 0.15) is 11.7 Å². The summed E-state index contributed by atoms with van der Waals surface area (Å²) in [6.45, 7) is 1.99. The van der Waals surface area contributed by atoms with Crippen LogP contribution >= 0.6 is 0 Å². The van der Waals surface area contributed by atoms with Crippen molar-refractivity contribution in [1.82, 2.24) is 15.3 Å². The quantitative estimate of drug-likeness (QED) is 0.878. The maximum atomic E-state index is 5.41. The van der Waals surface area contributed by atoms with Gasteiger partial charge in [0.15, 0.2) is 0 Å². The van der Waals surface area contributed by atoms with Crippen LogP contribution in [0.15, 0.2) is 24.4 Å². The second-order valence-electron chi connectivity index (χ2n) is 4.60. The molecule has 0 saturated carbocycles. The van der Waals surface area contributed by atoms with Crippen LogP contribution in [0.25, 0.3) is 11.3 Å². The standard InChI is InChI=1S/C14H17N3O2/c1-18-10-3-4-11(13(5-10)19-2)12-8-16-14(17-12)9-6-15-7-9/h3-5,8-9,15H,6-7H2,1-2H3,(H,16,17). The van der Waals surface area contributed by atoms with E-state index in [0.29, 0.717) is 5.92 Å². The number of methoxy groups -OCH3 is 2. The number of hydrogen-bond donors (Lipinski definition) is 2. The van der Waals surface area contributed by atoms with Crippen molar-refractivity contribution in [2.75, 3.05) is 27.3 Å². The van der Waals surface area contributed by atoms with Crippen molar-refractivity contribution in [3.63, 3.8) is 0 Å². The molecule has 1 aromatic heterocycles. The van der Waals surface area contributed by atoms with Crippen molar-refractivity contribution in [3.8, 4) is 22.8 Å². The Kier molecular flexibility index (Phi) is 3.13. The molecule has 0 radical (unpaired) electrons. The van der Waals surface area contributed by atoms with Crippen molar-refractivity contribution in [2.24, 2.45) is 0 Å². The van der Waals surface area contributed by atoms with E-state index in [1.807, 2.05) is 24.4 Å². The molecule has 0 atom stereocenters. The average Bonchev–Trinajstić information content (AvgIpc) is 2.85. The lowest BCUT2D eigenvalue weighted by Crippen LogP contribution is -2.40. The summed E-state index contributed by atoms with van der Waals surface area (Å²) < 4.78 is 10.6. The molecule has 0 bridgehead atoms. The first-order valence-electron chi connectivity index (χ1n) is 6.30. The summed E-state index contributed by atoms with van der Waals surface area (Å²) in [5.74, 6) is 3.09. The predicted octanol–water partition coefficient (Wildman–Crippen LogP) is 1.78. The van der Waals surface area contributed by atoms with Gasteiger partial charge in [0.05, 0.1) is 26.1 Å². The Labute approximate surface area is 112 Å². The smallest absolute Gasteiger partial charge is 0.131 e. The third-order valence-electron chi connectivity index (χ3n) is 3.46. The Morgan fingerprint density at radius 3 is 2.68 bits per heavy atom. The van der Waals surface area contributed by atoms with Crippen LogP contribution < -0.4 is 14.8 Å². The molecule has 0 amide bonds. The second-order valence-corrected chi connectivity index (χ2v) is 4.60. The van der Waals surface area contributed by atoms with Gasteiger partial charge < -0.3 is 19.8 Å². The van der Waals surface area contributed by atoms with Gasteiger partial charge in [-0.1, -0.05) is 0 Å². The van der Waals surface area contributed by atoms with Crippen LogP contribution in [-0.2, 0) is 0 Å². The van der Waals surface area contributed by atoms with E-state index in [-0.39, 0.29) is 0 Å². The Morgan fingerprint density at radius 1 is 1.21 bits per heavy atom. The molecule has 1 aliphatic rings. The zero-order valence-corrected chi connectivity index (χ0v) is 11.1. The molecule has 5 nitrogen and oxygen atoms in total. The number of aromatic amines is 1. The lowest BCUT2D eigenvalue weighted by molar-refractivity contribution is 0.395.